The molecule has 5 rings (SSSR count). The number of nitrogens with two attached hydrogens (primary N) is 1. The number of hydrogen-bond donors (Lipinski definition) is 5. The molecule has 0 aliphatic carbocycles. The summed E-state index contributed by atoms with van der Waals surface area (Å²) in [6.07, 6.45) is 1.12. The van der Waals surface area contributed by atoms with E-state index in [1.54, 1.807) is 21.6 Å². The van der Waals surface area contributed by atoms with E-state index in [1.807, 2.05) is 0 Å². The number of thioether (sulfide) groups is 1. The highest BCUT2D eigenvalue weighted by Crippen LogP contribution is 2.40. The van der Waals surface area contributed by atoms with E-state index in [9.17, 15) is 34.5 Å². The number of amides is 2. The highest BCUT2D eigenvalue weighted by Gasteiger charge is 2.53. The highest BCUT2D eigenvalue weighted by atomic mass is 32.2. The first-order chi connectivity index (χ1) is 19.4. The fraction of sp³-hybridized carbons (Fsp3) is 0.455. The molecule has 0 radical (unpaired) electrons. The van der Waals surface area contributed by atoms with Crippen LogP contribution in [0.15, 0.2) is 28.7 Å². The topological polar surface area (TPSA) is 241 Å². The molecule has 2 aromatic heterocycles. The number of aromatic nitrogens is 4. The molecular formula is C22H25N9O8S2. The number of β-lactam (4-membered cyclic amide) rings is 1. The molecule has 1 fully saturated rings. The summed E-state index contributed by atoms with van der Waals surface area (Å²) in [6.45, 7) is 3.27. The summed E-state index contributed by atoms with van der Waals surface area (Å²) < 4.78 is 7.43. The smallest absolute Gasteiger partial charge is 0.350 e. The maximum atomic E-state index is 13.2. The van der Waals surface area contributed by atoms with Crippen molar-refractivity contribution in [2.75, 3.05) is 23.3 Å². The number of anilines is 2. The van der Waals surface area contributed by atoms with Crippen LogP contribution in [0.2, 0.25) is 0 Å². The van der Waals surface area contributed by atoms with Gasteiger partial charge < -0.3 is 41.3 Å². The molecule has 41 heavy (non-hydrogen) atoms. The molecule has 3 atom stereocenters. The molecule has 3 aliphatic heterocycles. The number of rotatable bonds is 9. The maximum absolute atomic E-state index is 13.2. The van der Waals surface area contributed by atoms with E-state index in [-0.39, 0.29) is 29.0 Å². The summed E-state index contributed by atoms with van der Waals surface area (Å²) in [6, 6.07) is 0.667. The van der Waals surface area contributed by atoms with Crippen LogP contribution in [0.3, 0.4) is 0 Å². The second-order valence-electron chi connectivity index (χ2n) is 9.82. The van der Waals surface area contributed by atoms with Crippen molar-refractivity contribution < 1.29 is 44.0 Å². The maximum Gasteiger partial charge on any atom is 0.350 e. The number of β-amino-alcohol motifs (C(OH)–C–C–N with tert-alkyl or cyclic N) is 1. The predicted octanol–water partition coefficient (Wildman–Crippen LogP) is -3.32. The van der Waals surface area contributed by atoms with Gasteiger partial charge in [-0.2, -0.15) is 9.36 Å². The van der Waals surface area contributed by atoms with Crippen LogP contribution in [0.4, 0.5) is 10.9 Å². The number of nitrogens with zero attached hydrogens (tertiary/aromatic N) is 6. The van der Waals surface area contributed by atoms with Crippen LogP contribution >= 0.6 is 23.3 Å². The lowest BCUT2D eigenvalue weighted by molar-refractivity contribution is -0.768. The average molecular weight is 608 g/mol. The Morgan fingerprint density at radius 2 is 2.17 bits per heavy atom. The molecule has 0 aromatic carbocycles. The third-order valence-electron chi connectivity index (χ3n) is 6.52. The number of aliphatic hydroxyl groups excluding tert-OH is 1. The Kier molecular flexibility index (Phi) is 7.34. The van der Waals surface area contributed by atoms with Gasteiger partial charge in [0, 0.05) is 29.4 Å². The number of carboxylic acids is 2. The van der Waals surface area contributed by atoms with Crippen molar-refractivity contribution in [3.05, 3.63) is 29.4 Å². The van der Waals surface area contributed by atoms with E-state index in [0.717, 1.165) is 22.3 Å². The van der Waals surface area contributed by atoms with Gasteiger partial charge in [-0.15, -0.1) is 21.1 Å². The van der Waals surface area contributed by atoms with Crippen molar-refractivity contribution in [2.45, 2.75) is 50.1 Å². The van der Waals surface area contributed by atoms with Crippen molar-refractivity contribution in [3.63, 3.8) is 0 Å². The second-order valence-corrected chi connectivity index (χ2v) is 11.7. The molecule has 218 valence electrons. The minimum atomic E-state index is -1.80. The third kappa shape index (κ3) is 5.30. The van der Waals surface area contributed by atoms with Gasteiger partial charge in [0.2, 0.25) is 17.1 Å². The number of carboxylic acid groups (broad SMARTS) is 2. The standard InChI is InChI=1S/C22H25N9O8S2/c1-22(2,20(37)38)39-27-12(15-26-21(23)41-28-15)16(33)25-13-17(34)31-14(19(35)36)9(8-40-18(13)31)6-29-4-3-11-24-5-10(32)7-30(11)29/h3-4,10,13,18,32H,5-8H2,1-2H3,(H5,23,25,26,28,33,35,36,37,38)/t10?,13-,18-/m1/s1. The van der Waals surface area contributed by atoms with E-state index in [0.29, 0.717) is 18.7 Å². The minimum Gasteiger partial charge on any atom is -0.543 e. The molecule has 0 spiro atoms. The van der Waals surface area contributed by atoms with Crippen molar-refractivity contribution in [1.82, 2.24) is 24.3 Å². The molecule has 5 heterocycles. The number of nitrogen functional groups attached to an aromatic ring is 1. The number of hydrogen-bond acceptors (Lipinski definition) is 14. The first kappa shape index (κ1) is 28.3. The molecule has 6 N–H and O–H groups in total. The summed E-state index contributed by atoms with van der Waals surface area (Å²) in [7, 11) is 0. The van der Waals surface area contributed by atoms with Crippen molar-refractivity contribution >= 4 is 63.7 Å². The van der Waals surface area contributed by atoms with Gasteiger partial charge in [-0.25, -0.2) is 4.79 Å². The number of oxime groups is 1. The molecule has 0 bridgehead atoms. The fourth-order valence-electron chi connectivity index (χ4n) is 4.35. The van der Waals surface area contributed by atoms with E-state index < -0.39 is 52.6 Å². The molecule has 2 amide bonds. The lowest BCUT2D eigenvalue weighted by Gasteiger charge is -2.50. The fourth-order valence-corrected chi connectivity index (χ4v) is 6.12. The summed E-state index contributed by atoms with van der Waals surface area (Å²) in [5.41, 5.74) is 3.44. The number of carbonyl (C=O) groups is 4. The van der Waals surface area contributed by atoms with Crippen LogP contribution < -0.4 is 26.2 Å². The zero-order valence-corrected chi connectivity index (χ0v) is 23.3. The SMILES string of the molecule is CC(C)(ON=C(C(=O)N[C@@H]1C(=O)N2C(C(=O)[O-])=C(C[n+]3ccc4n3CC(O)CN4)CS[C@H]12)c1nsc(N)n1)C(=O)O. The van der Waals surface area contributed by atoms with Gasteiger partial charge in [-0.3, -0.25) is 14.5 Å². The Balaban J connectivity index is 1.36. The zero-order chi connectivity index (χ0) is 29.6. The molecule has 1 saturated heterocycles. The summed E-state index contributed by atoms with van der Waals surface area (Å²) in [4.78, 5) is 59.9. The first-order valence-corrected chi connectivity index (χ1v) is 14.0. The van der Waals surface area contributed by atoms with Gasteiger partial charge in [-0.05, 0) is 13.8 Å². The minimum absolute atomic E-state index is 0.00963. The Bertz CT molecular complexity index is 1500. The Morgan fingerprint density at radius 3 is 2.83 bits per heavy atom. The number of carbonyl (C=O) groups excluding carboxylic acids is 3. The van der Waals surface area contributed by atoms with E-state index in [4.69, 9.17) is 10.6 Å². The van der Waals surface area contributed by atoms with Crippen LogP contribution in [0.5, 0.6) is 0 Å². The molecule has 0 saturated carbocycles. The Hall–Kier alpha value is -4.23. The summed E-state index contributed by atoms with van der Waals surface area (Å²) in [5.74, 6) is -3.79. The van der Waals surface area contributed by atoms with E-state index in [2.05, 4.69) is 25.1 Å². The van der Waals surface area contributed by atoms with Gasteiger partial charge in [0.05, 0.1) is 23.8 Å². The molecule has 1 unspecified atom stereocenters. The van der Waals surface area contributed by atoms with Crippen molar-refractivity contribution in [1.29, 1.82) is 0 Å². The normalized spacial score (nSPS) is 22.3. The monoisotopic (exact) mass is 607 g/mol. The average Bonchev–Trinajstić information content (AvgIpc) is 3.52. The first-order valence-electron chi connectivity index (χ1n) is 12.2. The van der Waals surface area contributed by atoms with Gasteiger partial charge in [-0.1, -0.05) is 5.16 Å². The summed E-state index contributed by atoms with van der Waals surface area (Å²) >= 11 is 2.01. The molecule has 17 nitrogen and oxygen atoms in total. The van der Waals surface area contributed by atoms with Gasteiger partial charge in [0.1, 0.15) is 18.0 Å². The number of aliphatic carboxylic acids is 2. The molecule has 2 aromatic rings. The highest BCUT2D eigenvalue weighted by molar-refractivity contribution is 8.00. The quantitative estimate of drug-likeness (QED) is 0.0812. The van der Waals surface area contributed by atoms with Crippen LogP contribution in [0, 0.1) is 0 Å². The lowest BCUT2D eigenvalue weighted by Crippen LogP contribution is -2.71. The molecule has 19 heteroatoms. The van der Waals surface area contributed by atoms with Crippen molar-refractivity contribution in [2.24, 2.45) is 5.16 Å². The van der Waals surface area contributed by atoms with Gasteiger partial charge >= 0.3 is 5.97 Å². The van der Waals surface area contributed by atoms with E-state index >= 15 is 0 Å². The van der Waals surface area contributed by atoms with E-state index in [1.165, 1.54) is 25.6 Å². The zero-order valence-electron chi connectivity index (χ0n) is 21.6. The Labute approximate surface area is 239 Å². The van der Waals surface area contributed by atoms with Gasteiger partial charge in [0.15, 0.2) is 23.7 Å². The number of nitrogens with one attached hydrogen (secondary N) is 2. The van der Waals surface area contributed by atoms with Crippen LogP contribution in [0.1, 0.15) is 19.7 Å². The van der Waals surface area contributed by atoms with Crippen LogP contribution in [-0.2, 0) is 37.1 Å². The number of aliphatic hydroxyl groups is 1. The van der Waals surface area contributed by atoms with Crippen molar-refractivity contribution in [3.8, 4) is 0 Å². The van der Waals surface area contributed by atoms with Crippen LogP contribution in [0.25, 0.3) is 0 Å². The molecular weight excluding hydrogens is 582 g/mol. The van der Waals surface area contributed by atoms with Crippen LogP contribution in [-0.4, -0.2) is 94.0 Å². The second kappa shape index (κ2) is 10.6. The largest absolute Gasteiger partial charge is 0.543 e. The number of fused-ring (bicyclic) bond motifs is 2. The lowest BCUT2D eigenvalue weighted by atomic mass is 10.0. The summed E-state index contributed by atoms with van der Waals surface area (Å²) in [5, 5.41) is 40.0. The Morgan fingerprint density at radius 1 is 1.41 bits per heavy atom. The molecule has 3 aliphatic rings. The van der Waals surface area contributed by atoms with Gasteiger partial charge in [0.25, 0.3) is 11.8 Å². The predicted molar refractivity (Wildman–Crippen MR) is 140 cm³/mol. The third-order valence-corrected chi connectivity index (χ3v) is 8.41.